The minimum atomic E-state index is -0.369. The number of fused-ring (bicyclic) bond motifs is 1. The number of nitrogens with two attached hydrogens (primary N) is 1. The number of nitrogen functional groups attached to an aromatic ring is 1. The zero-order valence-corrected chi connectivity index (χ0v) is 15.1. The van der Waals surface area contributed by atoms with Gasteiger partial charge in [-0.05, 0) is 42.7 Å². The van der Waals surface area contributed by atoms with Crippen molar-refractivity contribution in [2.45, 2.75) is 19.3 Å². The number of hydrogen-bond donors (Lipinski definition) is 1. The molecule has 6 heteroatoms. The maximum absolute atomic E-state index is 13.2. The van der Waals surface area contributed by atoms with E-state index in [1.807, 2.05) is 36.4 Å². The van der Waals surface area contributed by atoms with Crippen LogP contribution in [0, 0.1) is 5.92 Å². The fourth-order valence-electron chi connectivity index (χ4n) is 3.88. The van der Waals surface area contributed by atoms with Crippen LogP contribution in [0.5, 0.6) is 0 Å². The lowest BCUT2D eigenvalue weighted by Crippen LogP contribution is -2.40. The van der Waals surface area contributed by atoms with Crippen LogP contribution in [0.25, 0.3) is 0 Å². The first-order chi connectivity index (χ1) is 12.6. The zero-order chi connectivity index (χ0) is 18.3. The summed E-state index contributed by atoms with van der Waals surface area (Å²) in [5.41, 5.74) is 9.37. The highest BCUT2D eigenvalue weighted by Crippen LogP contribution is 2.35. The summed E-state index contributed by atoms with van der Waals surface area (Å²) in [5, 5.41) is 0.519. The van der Waals surface area contributed by atoms with E-state index in [-0.39, 0.29) is 24.2 Å². The van der Waals surface area contributed by atoms with Crippen molar-refractivity contribution in [1.82, 2.24) is 0 Å². The molecular weight excluding hydrogens is 350 g/mol. The van der Waals surface area contributed by atoms with E-state index < -0.39 is 0 Å². The summed E-state index contributed by atoms with van der Waals surface area (Å²) in [5.74, 6) is -0.452. The predicted molar refractivity (Wildman–Crippen MR) is 103 cm³/mol. The van der Waals surface area contributed by atoms with Crippen molar-refractivity contribution in [3.63, 3.8) is 0 Å². The summed E-state index contributed by atoms with van der Waals surface area (Å²) in [6.45, 7) is 1.02. The first kappa shape index (κ1) is 16.9. The zero-order valence-electron chi connectivity index (χ0n) is 14.3. The molecule has 5 nitrogen and oxygen atoms in total. The van der Waals surface area contributed by atoms with Crippen LogP contribution in [-0.4, -0.2) is 24.9 Å². The Labute approximate surface area is 157 Å². The minimum absolute atomic E-state index is 0.0144. The topological polar surface area (TPSA) is 66.6 Å². The van der Waals surface area contributed by atoms with E-state index in [9.17, 15) is 9.59 Å². The largest absolute Gasteiger partial charge is 0.398 e. The molecule has 1 saturated heterocycles. The molecule has 2 aromatic rings. The van der Waals surface area contributed by atoms with Gasteiger partial charge in [-0.3, -0.25) is 9.59 Å². The summed E-state index contributed by atoms with van der Waals surface area (Å²) in [6, 6.07) is 12.9. The van der Waals surface area contributed by atoms with Crippen molar-refractivity contribution in [2.24, 2.45) is 5.92 Å². The first-order valence-electron chi connectivity index (χ1n) is 8.80. The third kappa shape index (κ3) is 2.82. The monoisotopic (exact) mass is 369 g/mol. The van der Waals surface area contributed by atoms with Crippen LogP contribution in [0.4, 0.5) is 17.1 Å². The van der Waals surface area contributed by atoms with Crippen LogP contribution in [0.1, 0.15) is 18.4 Å². The Hall–Kier alpha value is -2.53. The Morgan fingerprint density at radius 1 is 1.12 bits per heavy atom. The molecule has 2 heterocycles. The summed E-state index contributed by atoms with van der Waals surface area (Å²) in [4.78, 5) is 29.1. The van der Waals surface area contributed by atoms with Gasteiger partial charge in [0, 0.05) is 30.9 Å². The van der Waals surface area contributed by atoms with Crippen LogP contribution < -0.4 is 15.5 Å². The molecule has 4 rings (SSSR count). The second-order valence-electron chi connectivity index (χ2n) is 6.80. The van der Waals surface area contributed by atoms with Gasteiger partial charge in [-0.15, -0.1) is 0 Å². The lowest BCUT2D eigenvalue weighted by molar-refractivity contribution is -0.124. The molecule has 2 N–H and O–H groups in total. The van der Waals surface area contributed by atoms with Crippen molar-refractivity contribution in [2.75, 3.05) is 28.6 Å². The number of benzene rings is 2. The number of carbonyl (C=O) groups excluding carboxylic acids is 2. The molecule has 0 saturated carbocycles. The molecule has 134 valence electrons. The summed E-state index contributed by atoms with van der Waals surface area (Å²) in [6.07, 6.45) is 1.96. The average molecular weight is 370 g/mol. The standard InChI is InChI=1S/C20H20ClN3O2/c21-15-6-1-2-8-18(15)24-12-13(11-19(24)25)20(26)23-10-4-5-14-16(22)7-3-9-17(14)23/h1-3,6-9,13H,4-5,10-12,22H2. The number of hydrogen-bond acceptors (Lipinski definition) is 3. The fourth-order valence-corrected chi connectivity index (χ4v) is 4.12. The van der Waals surface area contributed by atoms with Crippen molar-refractivity contribution in [3.8, 4) is 0 Å². The molecular formula is C20H20ClN3O2. The lowest BCUT2D eigenvalue weighted by Gasteiger charge is -2.32. The van der Waals surface area contributed by atoms with Gasteiger partial charge in [0.15, 0.2) is 0 Å². The highest BCUT2D eigenvalue weighted by Gasteiger charge is 2.39. The van der Waals surface area contributed by atoms with E-state index in [0.717, 1.165) is 29.8 Å². The first-order valence-corrected chi connectivity index (χ1v) is 9.17. The molecule has 1 fully saturated rings. The van der Waals surface area contributed by atoms with Gasteiger partial charge in [0.25, 0.3) is 0 Å². The van der Waals surface area contributed by atoms with E-state index in [0.29, 0.717) is 23.8 Å². The molecule has 26 heavy (non-hydrogen) atoms. The SMILES string of the molecule is Nc1cccc2c1CCCN2C(=O)C1CC(=O)N(c2ccccc2Cl)C1. The molecule has 0 aliphatic carbocycles. The third-order valence-corrected chi connectivity index (χ3v) is 5.49. The van der Waals surface area contributed by atoms with Crippen molar-refractivity contribution >= 4 is 40.5 Å². The Kier molecular flexibility index (Phi) is 4.32. The van der Waals surface area contributed by atoms with Crippen LogP contribution in [0.3, 0.4) is 0 Å². The Bertz CT molecular complexity index is 883. The van der Waals surface area contributed by atoms with E-state index >= 15 is 0 Å². The highest BCUT2D eigenvalue weighted by molar-refractivity contribution is 6.34. The molecule has 0 radical (unpaired) electrons. The third-order valence-electron chi connectivity index (χ3n) is 5.17. The average Bonchev–Trinajstić information content (AvgIpc) is 3.03. The van der Waals surface area contributed by atoms with Crippen LogP contribution in [0.2, 0.25) is 5.02 Å². The van der Waals surface area contributed by atoms with Crippen molar-refractivity contribution in [3.05, 3.63) is 53.1 Å². The summed E-state index contributed by atoms with van der Waals surface area (Å²) >= 11 is 6.23. The maximum Gasteiger partial charge on any atom is 0.232 e. The van der Waals surface area contributed by atoms with Gasteiger partial charge in [-0.1, -0.05) is 29.8 Å². The molecule has 2 amide bonds. The minimum Gasteiger partial charge on any atom is -0.398 e. The van der Waals surface area contributed by atoms with E-state index in [4.69, 9.17) is 17.3 Å². The summed E-state index contributed by atoms with van der Waals surface area (Å²) in [7, 11) is 0. The van der Waals surface area contributed by atoms with Gasteiger partial charge in [0.2, 0.25) is 11.8 Å². The molecule has 0 aromatic heterocycles. The van der Waals surface area contributed by atoms with Gasteiger partial charge < -0.3 is 15.5 Å². The number of rotatable bonds is 2. The van der Waals surface area contributed by atoms with Gasteiger partial charge in [0.05, 0.1) is 16.6 Å². The van der Waals surface area contributed by atoms with E-state index in [1.165, 1.54) is 0 Å². The van der Waals surface area contributed by atoms with E-state index in [1.54, 1.807) is 15.9 Å². The van der Waals surface area contributed by atoms with Gasteiger partial charge in [-0.2, -0.15) is 0 Å². The number of amides is 2. The maximum atomic E-state index is 13.2. The number of anilines is 3. The number of halogens is 1. The Morgan fingerprint density at radius 3 is 2.69 bits per heavy atom. The Balaban J connectivity index is 1.59. The second kappa shape index (κ2) is 6.65. The van der Waals surface area contributed by atoms with E-state index in [2.05, 4.69) is 0 Å². The smallest absolute Gasteiger partial charge is 0.232 e. The Morgan fingerprint density at radius 2 is 1.88 bits per heavy atom. The second-order valence-corrected chi connectivity index (χ2v) is 7.20. The quantitative estimate of drug-likeness (QED) is 0.826. The lowest BCUT2D eigenvalue weighted by atomic mass is 9.97. The number of para-hydroxylation sites is 1. The molecule has 2 aliphatic heterocycles. The van der Waals surface area contributed by atoms with Crippen molar-refractivity contribution in [1.29, 1.82) is 0 Å². The van der Waals surface area contributed by atoms with Crippen LogP contribution in [0.15, 0.2) is 42.5 Å². The molecule has 2 aromatic carbocycles. The molecule has 2 aliphatic rings. The van der Waals surface area contributed by atoms with Crippen molar-refractivity contribution < 1.29 is 9.59 Å². The molecule has 0 spiro atoms. The molecule has 1 atom stereocenters. The summed E-state index contributed by atoms with van der Waals surface area (Å²) < 4.78 is 0. The predicted octanol–water partition coefficient (Wildman–Crippen LogP) is 3.25. The fraction of sp³-hybridized carbons (Fsp3) is 0.300. The number of nitrogens with zero attached hydrogens (tertiary/aromatic N) is 2. The molecule has 1 unspecified atom stereocenters. The van der Waals surface area contributed by atoms with Gasteiger partial charge in [-0.25, -0.2) is 0 Å². The highest BCUT2D eigenvalue weighted by atomic mass is 35.5. The van der Waals surface area contributed by atoms with Crippen LogP contribution >= 0.6 is 11.6 Å². The van der Waals surface area contributed by atoms with Gasteiger partial charge in [0.1, 0.15) is 0 Å². The molecule has 0 bridgehead atoms. The van der Waals surface area contributed by atoms with Crippen LogP contribution in [-0.2, 0) is 16.0 Å². The number of carbonyl (C=O) groups is 2. The van der Waals surface area contributed by atoms with Gasteiger partial charge >= 0.3 is 0 Å². The normalized spacial score (nSPS) is 19.6.